The largest absolute Gasteiger partial charge is 0.326 e. The predicted molar refractivity (Wildman–Crippen MR) is 78.6 cm³/mol. The minimum Gasteiger partial charge on any atom is -0.326 e. The first-order valence-electron chi connectivity index (χ1n) is 6.65. The summed E-state index contributed by atoms with van der Waals surface area (Å²) >= 11 is 1.39. The van der Waals surface area contributed by atoms with Gasteiger partial charge in [-0.25, -0.2) is 13.1 Å². The SMILES string of the molecule is CC1(C)CCCCC1NS(=O)(=O)c1csc(CN)c1. The third kappa shape index (κ3) is 3.37. The Labute approximate surface area is 119 Å². The highest BCUT2D eigenvalue weighted by Gasteiger charge is 2.35. The molecule has 0 amide bonds. The lowest BCUT2D eigenvalue weighted by atomic mass is 9.74. The quantitative estimate of drug-likeness (QED) is 0.897. The maximum Gasteiger partial charge on any atom is 0.241 e. The molecule has 1 unspecified atom stereocenters. The molecule has 1 aromatic rings. The van der Waals surface area contributed by atoms with Crippen molar-refractivity contribution in [1.29, 1.82) is 0 Å². The van der Waals surface area contributed by atoms with Crippen LogP contribution in [-0.4, -0.2) is 14.5 Å². The van der Waals surface area contributed by atoms with Gasteiger partial charge in [-0.05, 0) is 24.3 Å². The molecule has 4 nitrogen and oxygen atoms in total. The summed E-state index contributed by atoms with van der Waals surface area (Å²) < 4.78 is 27.6. The highest BCUT2D eigenvalue weighted by molar-refractivity contribution is 7.89. The Morgan fingerprint density at radius 3 is 2.79 bits per heavy atom. The molecule has 108 valence electrons. The van der Waals surface area contributed by atoms with E-state index < -0.39 is 10.0 Å². The van der Waals surface area contributed by atoms with Gasteiger partial charge >= 0.3 is 0 Å². The summed E-state index contributed by atoms with van der Waals surface area (Å²) in [6.07, 6.45) is 4.26. The molecule has 1 heterocycles. The van der Waals surface area contributed by atoms with Crippen LogP contribution in [0.15, 0.2) is 16.3 Å². The molecule has 1 aliphatic rings. The molecule has 1 saturated carbocycles. The molecule has 6 heteroatoms. The Kier molecular flexibility index (Phi) is 4.35. The zero-order chi connectivity index (χ0) is 14.1. The van der Waals surface area contributed by atoms with Crippen LogP contribution >= 0.6 is 11.3 Å². The molecule has 1 aliphatic carbocycles. The number of sulfonamides is 1. The number of thiophene rings is 1. The lowest BCUT2D eigenvalue weighted by Crippen LogP contribution is -2.46. The van der Waals surface area contributed by atoms with Crippen molar-refractivity contribution in [1.82, 2.24) is 4.72 Å². The Morgan fingerprint density at radius 1 is 1.47 bits per heavy atom. The number of hydrogen-bond donors (Lipinski definition) is 2. The van der Waals surface area contributed by atoms with Crippen molar-refractivity contribution in [3.05, 3.63) is 16.3 Å². The lowest BCUT2D eigenvalue weighted by Gasteiger charge is -2.38. The fourth-order valence-corrected chi connectivity index (χ4v) is 5.17. The van der Waals surface area contributed by atoms with E-state index in [0.29, 0.717) is 11.4 Å². The van der Waals surface area contributed by atoms with Crippen molar-refractivity contribution in [2.75, 3.05) is 0 Å². The van der Waals surface area contributed by atoms with Crippen molar-refractivity contribution in [2.24, 2.45) is 11.1 Å². The Balaban J connectivity index is 2.16. The monoisotopic (exact) mass is 302 g/mol. The van der Waals surface area contributed by atoms with Gasteiger partial charge in [-0.1, -0.05) is 26.7 Å². The van der Waals surface area contributed by atoms with E-state index in [1.54, 1.807) is 11.4 Å². The maximum absolute atomic E-state index is 12.4. The molecule has 1 atom stereocenters. The molecule has 2 rings (SSSR count). The summed E-state index contributed by atoms with van der Waals surface area (Å²) in [5, 5.41) is 1.67. The van der Waals surface area contributed by atoms with Crippen molar-refractivity contribution in [3.63, 3.8) is 0 Å². The van der Waals surface area contributed by atoms with Crippen LogP contribution in [0.3, 0.4) is 0 Å². The summed E-state index contributed by atoms with van der Waals surface area (Å²) in [5.41, 5.74) is 5.55. The van der Waals surface area contributed by atoms with Crippen molar-refractivity contribution in [3.8, 4) is 0 Å². The molecule has 1 fully saturated rings. The van der Waals surface area contributed by atoms with Crippen LogP contribution in [0.25, 0.3) is 0 Å². The second-order valence-corrected chi connectivity index (χ2v) is 8.57. The van der Waals surface area contributed by atoms with E-state index in [2.05, 4.69) is 18.6 Å². The molecule has 3 N–H and O–H groups in total. The summed E-state index contributed by atoms with van der Waals surface area (Å²) in [6.45, 7) is 4.66. The number of nitrogens with two attached hydrogens (primary N) is 1. The Hall–Kier alpha value is -0.430. The van der Waals surface area contributed by atoms with Crippen LogP contribution in [0.5, 0.6) is 0 Å². The molecule has 0 aromatic carbocycles. The molecular formula is C13H22N2O2S2. The zero-order valence-electron chi connectivity index (χ0n) is 11.5. The first-order chi connectivity index (χ1) is 8.85. The summed E-state index contributed by atoms with van der Waals surface area (Å²) in [7, 11) is -3.42. The van der Waals surface area contributed by atoms with Crippen LogP contribution in [0.4, 0.5) is 0 Å². The van der Waals surface area contributed by atoms with Gasteiger partial charge in [-0.2, -0.15) is 0 Å². The van der Waals surface area contributed by atoms with E-state index in [-0.39, 0.29) is 11.5 Å². The average molecular weight is 302 g/mol. The first kappa shape index (κ1) is 15.0. The van der Waals surface area contributed by atoms with Gasteiger partial charge in [0.05, 0.1) is 4.90 Å². The van der Waals surface area contributed by atoms with E-state index in [9.17, 15) is 8.42 Å². The second-order valence-electron chi connectivity index (χ2n) is 5.86. The fraction of sp³-hybridized carbons (Fsp3) is 0.692. The molecule has 0 radical (unpaired) electrons. The van der Waals surface area contributed by atoms with Crippen molar-refractivity contribution in [2.45, 2.75) is 57.0 Å². The molecule has 0 aliphatic heterocycles. The number of hydrogen-bond acceptors (Lipinski definition) is 4. The predicted octanol–water partition coefficient (Wildman–Crippen LogP) is 2.45. The van der Waals surface area contributed by atoms with Gasteiger partial charge in [0.2, 0.25) is 10.0 Å². The van der Waals surface area contributed by atoms with E-state index >= 15 is 0 Å². The molecule has 0 spiro atoms. The lowest BCUT2D eigenvalue weighted by molar-refractivity contribution is 0.188. The minimum absolute atomic E-state index is 0.0208. The first-order valence-corrected chi connectivity index (χ1v) is 9.01. The normalized spacial score (nSPS) is 23.4. The van der Waals surface area contributed by atoms with Crippen LogP contribution in [0, 0.1) is 5.41 Å². The minimum atomic E-state index is -3.42. The molecule has 19 heavy (non-hydrogen) atoms. The average Bonchev–Trinajstić information content (AvgIpc) is 2.81. The van der Waals surface area contributed by atoms with Crippen LogP contribution in [0.1, 0.15) is 44.4 Å². The second kappa shape index (κ2) is 5.52. The molecular weight excluding hydrogens is 280 g/mol. The van der Waals surface area contributed by atoms with Crippen molar-refractivity contribution < 1.29 is 8.42 Å². The van der Waals surface area contributed by atoms with Gasteiger partial charge < -0.3 is 5.73 Å². The third-order valence-electron chi connectivity index (χ3n) is 3.95. The Morgan fingerprint density at radius 2 is 2.21 bits per heavy atom. The van der Waals surface area contributed by atoms with Gasteiger partial charge in [0.25, 0.3) is 0 Å². The summed E-state index contributed by atoms with van der Waals surface area (Å²) in [5.74, 6) is 0. The zero-order valence-corrected chi connectivity index (χ0v) is 13.1. The standard InChI is InChI=1S/C13H22N2O2S2/c1-13(2)6-4-3-5-12(13)15-19(16,17)11-7-10(8-14)18-9-11/h7,9,12,15H,3-6,8,14H2,1-2H3. The molecule has 1 aromatic heterocycles. The highest BCUT2D eigenvalue weighted by atomic mass is 32.2. The van der Waals surface area contributed by atoms with E-state index in [1.807, 2.05) is 0 Å². The fourth-order valence-electron chi connectivity index (χ4n) is 2.58. The van der Waals surface area contributed by atoms with Crippen molar-refractivity contribution >= 4 is 21.4 Å². The van der Waals surface area contributed by atoms with E-state index in [4.69, 9.17) is 5.73 Å². The summed E-state index contributed by atoms with van der Waals surface area (Å²) in [4.78, 5) is 1.24. The molecule has 0 bridgehead atoms. The maximum atomic E-state index is 12.4. The van der Waals surface area contributed by atoms with Crippen LogP contribution in [-0.2, 0) is 16.6 Å². The van der Waals surface area contributed by atoms with E-state index in [1.165, 1.54) is 17.8 Å². The van der Waals surface area contributed by atoms with Gasteiger partial charge in [-0.3, -0.25) is 0 Å². The van der Waals surface area contributed by atoms with Crippen LogP contribution in [0.2, 0.25) is 0 Å². The van der Waals surface area contributed by atoms with Gasteiger partial charge in [0.15, 0.2) is 0 Å². The summed E-state index contributed by atoms with van der Waals surface area (Å²) in [6, 6.07) is 1.69. The van der Waals surface area contributed by atoms with E-state index in [0.717, 1.165) is 24.1 Å². The Bertz CT molecular complexity index is 535. The smallest absolute Gasteiger partial charge is 0.241 e. The number of nitrogens with one attached hydrogen (secondary N) is 1. The number of rotatable bonds is 4. The van der Waals surface area contributed by atoms with Crippen LogP contribution < -0.4 is 10.5 Å². The van der Waals surface area contributed by atoms with Gasteiger partial charge in [-0.15, -0.1) is 11.3 Å². The van der Waals surface area contributed by atoms with Gasteiger partial charge in [0.1, 0.15) is 0 Å². The topological polar surface area (TPSA) is 72.2 Å². The highest BCUT2D eigenvalue weighted by Crippen LogP contribution is 2.36. The third-order valence-corrected chi connectivity index (χ3v) is 6.51. The molecule has 0 saturated heterocycles. The van der Waals surface area contributed by atoms with Gasteiger partial charge in [0, 0.05) is 22.8 Å².